The molecule has 0 atom stereocenters. The zero-order valence-corrected chi connectivity index (χ0v) is 12.9. The monoisotopic (exact) mass is 354 g/mol. The summed E-state index contributed by atoms with van der Waals surface area (Å²) in [4.78, 5) is 16.3. The summed E-state index contributed by atoms with van der Waals surface area (Å²) in [7, 11) is 0. The summed E-state index contributed by atoms with van der Waals surface area (Å²) in [6.45, 7) is 6.61. The van der Waals surface area contributed by atoms with Gasteiger partial charge in [0.25, 0.3) is 5.56 Å². The van der Waals surface area contributed by atoms with Gasteiger partial charge in [0.05, 0.1) is 10.1 Å². The summed E-state index contributed by atoms with van der Waals surface area (Å²) >= 11 is 2.03. The first kappa shape index (κ1) is 13.3. The lowest BCUT2D eigenvalue weighted by atomic mass is 10.1. The molecule has 0 unspecified atom stereocenters. The second-order valence-electron chi connectivity index (χ2n) is 4.46. The van der Waals surface area contributed by atoms with E-state index in [1.807, 2.05) is 29.5 Å². The molecule has 0 saturated carbocycles. The lowest BCUT2D eigenvalue weighted by Gasteiger charge is -2.10. The molecule has 1 aromatic heterocycles. The SMILES string of the molecule is Cc1ccc(Cn2c(C)ncc(I)c2=O)cc1C. The zero-order valence-electron chi connectivity index (χ0n) is 10.7. The minimum absolute atomic E-state index is 0.0290. The fourth-order valence-corrected chi connectivity index (χ4v) is 2.25. The van der Waals surface area contributed by atoms with Crippen molar-refractivity contribution in [1.82, 2.24) is 9.55 Å². The molecule has 1 heterocycles. The van der Waals surface area contributed by atoms with Crippen LogP contribution in [0.15, 0.2) is 29.2 Å². The van der Waals surface area contributed by atoms with Crippen molar-refractivity contribution in [1.29, 1.82) is 0 Å². The average molecular weight is 354 g/mol. The fourth-order valence-electron chi connectivity index (χ4n) is 1.82. The molecular weight excluding hydrogens is 339 g/mol. The van der Waals surface area contributed by atoms with Crippen LogP contribution in [0.3, 0.4) is 0 Å². The molecular formula is C14H15IN2O. The van der Waals surface area contributed by atoms with E-state index in [9.17, 15) is 4.79 Å². The molecule has 2 aromatic rings. The number of hydrogen-bond acceptors (Lipinski definition) is 2. The van der Waals surface area contributed by atoms with Gasteiger partial charge in [-0.2, -0.15) is 0 Å². The smallest absolute Gasteiger partial charge is 0.267 e. The predicted molar refractivity (Wildman–Crippen MR) is 81.0 cm³/mol. The van der Waals surface area contributed by atoms with E-state index in [0.29, 0.717) is 10.1 Å². The van der Waals surface area contributed by atoms with Crippen molar-refractivity contribution in [3.8, 4) is 0 Å². The van der Waals surface area contributed by atoms with E-state index in [2.05, 4.69) is 37.0 Å². The standard InChI is InChI=1S/C14H15IN2O/c1-9-4-5-12(6-10(9)2)8-17-11(3)16-7-13(15)14(17)18/h4-7H,8H2,1-3H3. The number of aromatic nitrogens is 2. The molecule has 0 aliphatic carbocycles. The first-order chi connectivity index (χ1) is 8.49. The van der Waals surface area contributed by atoms with Crippen molar-refractivity contribution in [3.63, 3.8) is 0 Å². The maximum absolute atomic E-state index is 12.1. The van der Waals surface area contributed by atoms with Gasteiger partial charge in [-0.15, -0.1) is 0 Å². The molecule has 0 N–H and O–H groups in total. The van der Waals surface area contributed by atoms with Gasteiger partial charge in [0.15, 0.2) is 0 Å². The fraction of sp³-hybridized carbons (Fsp3) is 0.286. The highest BCUT2D eigenvalue weighted by atomic mass is 127. The van der Waals surface area contributed by atoms with Crippen LogP contribution in [0.2, 0.25) is 0 Å². The van der Waals surface area contributed by atoms with Gasteiger partial charge in [-0.1, -0.05) is 18.2 Å². The molecule has 1 aromatic carbocycles. The van der Waals surface area contributed by atoms with Gasteiger partial charge < -0.3 is 0 Å². The van der Waals surface area contributed by atoms with Crippen LogP contribution in [-0.2, 0) is 6.54 Å². The van der Waals surface area contributed by atoms with E-state index in [0.717, 1.165) is 11.4 Å². The summed E-state index contributed by atoms with van der Waals surface area (Å²) in [6.07, 6.45) is 1.62. The van der Waals surface area contributed by atoms with Crippen molar-refractivity contribution >= 4 is 22.6 Å². The second-order valence-corrected chi connectivity index (χ2v) is 5.63. The van der Waals surface area contributed by atoms with Gasteiger partial charge in [0, 0.05) is 6.20 Å². The summed E-state index contributed by atoms with van der Waals surface area (Å²) in [6, 6.07) is 6.28. The second kappa shape index (κ2) is 5.22. The first-order valence-corrected chi connectivity index (χ1v) is 6.85. The van der Waals surface area contributed by atoms with E-state index >= 15 is 0 Å². The Bertz CT molecular complexity index is 647. The Hall–Kier alpha value is -1.17. The Morgan fingerprint density at radius 1 is 1.22 bits per heavy atom. The van der Waals surface area contributed by atoms with Gasteiger partial charge in [-0.05, 0) is 60.1 Å². The number of hydrogen-bond donors (Lipinski definition) is 0. The molecule has 0 amide bonds. The van der Waals surface area contributed by atoms with Crippen LogP contribution in [0, 0.1) is 24.3 Å². The Morgan fingerprint density at radius 2 is 1.94 bits per heavy atom. The number of aryl methyl sites for hydroxylation is 3. The molecule has 0 radical (unpaired) electrons. The number of nitrogens with zero attached hydrogens (tertiary/aromatic N) is 2. The predicted octanol–water partition coefficient (Wildman–Crippen LogP) is 2.82. The zero-order chi connectivity index (χ0) is 13.3. The number of benzene rings is 1. The molecule has 0 fully saturated rings. The van der Waals surface area contributed by atoms with Crippen LogP contribution in [0.25, 0.3) is 0 Å². The lowest BCUT2D eigenvalue weighted by molar-refractivity contribution is 0.694. The van der Waals surface area contributed by atoms with Gasteiger partial charge in [0.1, 0.15) is 5.82 Å². The molecule has 0 bridgehead atoms. The third-order valence-electron chi connectivity index (χ3n) is 3.12. The maximum atomic E-state index is 12.1. The summed E-state index contributed by atoms with van der Waals surface area (Å²) in [5.41, 5.74) is 3.67. The highest BCUT2D eigenvalue weighted by Gasteiger charge is 2.06. The van der Waals surface area contributed by atoms with Gasteiger partial charge in [0.2, 0.25) is 0 Å². The Labute approximate surface area is 120 Å². The highest BCUT2D eigenvalue weighted by molar-refractivity contribution is 14.1. The van der Waals surface area contributed by atoms with Crippen molar-refractivity contribution in [2.45, 2.75) is 27.3 Å². The van der Waals surface area contributed by atoms with E-state index in [1.165, 1.54) is 11.1 Å². The molecule has 4 heteroatoms. The molecule has 2 rings (SSSR count). The minimum Gasteiger partial charge on any atom is -0.292 e. The van der Waals surface area contributed by atoms with Crippen molar-refractivity contribution in [2.24, 2.45) is 0 Å². The lowest BCUT2D eigenvalue weighted by Crippen LogP contribution is -2.26. The largest absolute Gasteiger partial charge is 0.292 e. The Kier molecular flexibility index (Phi) is 3.85. The topological polar surface area (TPSA) is 34.9 Å². The van der Waals surface area contributed by atoms with Crippen LogP contribution in [-0.4, -0.2) is 9.55 Å². The molecule has 0 aliphatic heterocycles. The van der Waals surface area contributed by atoms with Gasteiger partial charge in [-0.3, -0.25) is 9.36 Å². The maximum Gasteiger partial charge on any atom is 0.267 e. The van der Waals surface area contributed by atoms with Crippen molar-refractivity contribution in [2.75, 3.05) is 0 Å². The first-order valence-electron chi connectivity index (χ1n) is 5.77. The van der Waals surface area contributed by atoms with E-state index < -0.39 is 0 Å². The molecule has 18 heavy (non-hydrogen) atoms. The minimum atomic E-state index is 0.0290. The third-order valence-corrected chi connectivity index (χ3v) is 3.86. The van der Waals surface area contributed by atoms with Crippen molar-refractivity contribution in [3.05, 3.63) is 60.8 Å². The van der Waals surface area contributed by atoms with Crippen LogP contribution in [0.1, 0.15) is 22.5 Å². The van der Waals surface area contributed by atoms with Crippen molar-refractivity contribution < 1.29 is 0 Å². The van der Waals surface area contributed by atoms with Gasteiger partial charge in [-0.25, -0.2) is 4.98 Å². The number of halogens is 1. The van der Waals surface area contributed by atoms with E-state index in [1.54, 1.807) is 10.8 Å². The molecule has 0 aliphatic rings. The van der Waals surface area contributed by atoms with Gasteiger partial charge >= 0.3 is 0 Å². The van der Waals surface area contributed by atoms with E-state index in [-0.39, 0.29) is 5.56 Å². The quantitative estimate of drug-likeness (QED) is 0.778. The van der Waals surface area contributed by atoms with Crippen LogP contribution >= 0.6 is 22.6 Å². The summed E-state index contributed by atoms with van der Waals surface area (Å²) < 4.78 is 2.37. The molecule has 0 spiro atoms. The molecule has 0 saturated heterocycles. The summed E-state index contributed by atoms with van der Waals surface area (Å²) in [5.74, 6) is 0.749. The average Bonchev–Trinajstić information content (AvgIpc) is 2.34. The number of rotatable bonds is 2. The third kappa shape index (κ3) is 2.63. The molecule has 94 valence electrons. The Balaban J connectivity index is 2.43. The van der Waals surface area contributed by atoms with E-state index in [4.69, 9.17) is 0 Å². The van der Waals surface area contributed by atoms with Crippen LogP contribution < -0.4 is 5.56 Å². The summed E-state index contributed by atoms with van der Waals surface area (Å²) in [5, 5.41) is 0. The Morgan fingerprint density at radius 3 is 2.61 bits per heavy atom. The van der Waals surface area contributed by atoms with Crippen LogP contribution in [0.4, 0.5) is 0 Å². The highest BCUT2D eigenvalue weighted by Crippen LogP contribution is 2.11. The normalized spacial score (nSPS) is 10.7. The molecule has 3 nitrogen and oxygen atoms in total. The van der Waals surface area contributed by atoms with Crippen LogP contribution in [0.5, 0.6) is 0 Å².